The Labute approximate surface area is 207 Å². The monoisotopic (exact) mass is 520 g/mol. The van der Waals surface area contributed by atoms with Crippen LogP contribution in [-0.4, -0.2) is 51.4 Å². The zero-order valence-corrected chi connectivity index (χ0v) is 21.5. The molecule has 1 amide bonds. The molecule has 0 atom stereocenters. The highest BCUT2D eigenvalue weighted by molar-refractivity contribution is 7.90. The van der Waals surface area contributed by atoms with Crippen LogP contribution in [0.5, 0.6) is 11.5 Å². The second kappa shape index (κ2) is 12.0. The number of thiazole rings is 1. The minimum atomic E-state index is -3.36. The summed E-state index contributed by atoms with van der Waals surface area (Å²) in [5.74, 6) is -0.138. The molecule has 0 N–H and O–H groups in total. The maximum absolute atomic E-state index is 12.7. The van der Waals surface area contributed by atoms with Crippen molar-refractivity contribution in [3.8, 4) is 11.5 Å². The van der Waals surface area contributed by atoms with Gasteiger partial charge in [0.2, 0.25) is 5.91 Å². The number of amides is 1. The molecule has 0 radical (unpaired) electrons. The molecule has 0 aliphatic carbocycles. The molecule has 1 aromatic heterocycles. The zero-order valence-electron chi connectivity index (χ0n) is 19.9. The van der Waals surface area contributed by atoms with Crippen LogP contribution < -0.4 is 14.3 Å². The van der Waals surface area contributed by atoms with E-state index in [0.29, 0.717) is 27.3 Å². The minimum Gasteiger partial charge on any atom is -0.495 e. The molecule has 0 spiro atoms. The summed E-state index contributed by atoms with van der Waals surface area (Å²) in [6, 6.07) is 12.3. The normalized spacial score (nSPS) is 12.0. The lowest BCUT2D eigenvalue weighted by Gasteiger charge is -2.10. The van der Waals surface area contributed by atoms with E-state index in [4.69, 9.17) is 14.2 Å². The van der Waals surface area contributed by atoms with Gasteiger partial charge in [-0.15, -0.1) is 0 Å². The topological polar surface area (TPSA) is 113 Å². The van der Waals surface area contributed by atoms with Crippen molar-refractivity contribution in [2.75, 3.05) is 26.6 Å². The molecule has 0 bridgehead atoms. The third kappa shape index (κ3) is 6.92. The number of aromatic nitrogens is 1. The summed E-state index contributed by atoms with van der Waals surface area (Å²) < 4.78 is 43.0. The van der Waals surface area contributed by atoms with Crippen LogP contribution in [0.2, 0.25) is 0 Å². The number of fused-ring (bicyclic) bond motifs is 1. The van der Waals surface area contributed by atoms with Crippen molar-refractivity contribution in [1.82, 2.24) is 4.57 Å². The van der Waals surface area contributed by atoms with Crippen LogP contribution in [0.1, 0.15) is 25.3 Å². The molecule has 11 heteroatoms. The van der Waals surface area contributed by atoms with Crippen LogP contribution in [0.3, 0.4) is 0 Å². The first kappa shape index (κ1) is 26.4. The molecule has 35 heavy (non-hydrogen) atoms. The number of esters is 1. The number of hydrogen-bond acceptors (Lipinski definition) is 8. The summed E-state index contributed by atoms with van der Waals surface area (Å²) >= 11 is 1.18. The molecule has 0 aliphatic rings. The average molecular weight is 521 g/mol. The number of nitrogens with zero attached hydrogens (tertiary/aromatic N) is 2. The summed E-state index contributed by atoms with van der Waals surface area (Å²) in [6.45, 7) is 1.75. The lowest BCUT2D eigenvalue weighted by molar-refractivity contribution is -0.143. The second-order valence-electron chi connectivity index (χ2n) is 7.61. The highest BCUT2D eigenvalue weighted by Crippen LogP contribution is 2.35. The van der Waals surface area contributed by atoms with Crippen molar-refractivity contribution < 1.29 is 32.2 Å². The third-order valence-corrected chi connectivity index (χ3v) is 7.86. The van der Waals surface area contributed by atoms with Crippen LogP contribution >= 0.6 is 11.3 Å². The number of carbonyl (C=O) groups is 2. The van der Waals surface area contributed by atoms with Crippen LogP contribution in [0.25, 0.3) is 10.2 Å². The first-order chi connectivity index (χ1) is 16.8. The predicted molar refractivity (Wildman–Crippen MR) is 133 cm³/mol. The van der Waals surface area contributed by atoms with E-state index < -0.39 is 21.7 Å². The third-order valence-electron chi connectivity index (χ3n) is 5.08. The number of benzene rings is 2. The lowest BCUT2D eigenvalue weighted by atomic mass is 10.2. The first-order valence-corrected chi connectivity index (χ1v) is 13.6. The highest BCUT2D eigenvalue weighted by atomic mass is 32.2. The van der Waals surface area contributed by atoms with Gasteiger partial charge in [-0.1, -0.05) is 41.7 Å². The number of methoxy groups -OCH3 is 2. The fourth-order valence-corrected chi connectivity index (χ4v) is 6.11. The van der Waals surface area contributed by atoms with Crippen molar-refractivity contribution >= 4 is 43.3 Å². The standard InChI is InChI=1S/C24H28N2O7S2/c1-4-33-21(28)15-26-22-18(31-2)12-13-19(32-3)23(22)34-24(26)25-20(27)11-8-14-35(29,30)16-17-9-6-5-7-10-17/h5-7,9-10,12-13H,4,8,11,14-16H2,1-3H3. The van der Waals surface area contributed by atoms with E-state index in [1.807, 2.05) is 6.07 Å². The van der Waals surface area contributed by atoms with Crippen molar-refractivity contribution in [2.45, 2.75) is 32.1 Å². The molecular weight excluding hydrogens is 492 g/mol. The largest absolute Gasteiger partial charge is 0.495 e. The van der Waals surface area contributed by atoms with Crippen molar-refractivity contribution in [1.29, 1.82) is 0 Å². The Morgan fingerprint density at radius 3 is 2.37 bits per heavy atom. The van der Waals surface area contributed by atoms with Crippen molar-refractivity contribution in [3.05, 3.63) is 52.8 Å². The highest BCUT2D eigenvalue weighted by Gasteiger charge is 2.19. The van der Waals surface area contributed by atoms with Gasteiger partial charge in [-0.3, -0.25) is 9.59 Å². The maximum Gasteiger partial charge on any atom is 0.326 e. The molecule has 188 valence electrons. The Morgan fingerprint density at radius 1 is 1.03 bits per heavy atom. The fraction of sp³-hybridized carbons (Fsp3) is 0.375. The molecule has 3 aromatic rings. The van der Waals surface area contributed by atoms with E-state index >= 15 is 0 Å². The van der Waals surface area contributed by atoms with Gasteiger partial charge < -0.3 is 18.8 Å². The van der Waals surface area contributed by atoms with Crippen LogP contribution in [0.4, 0.5) is 0 Å². The molecular formula is C24H28N2O7S2. The number of ether oxygens (including phenoxy) is 3. The van der Waals surface area contributed by atoms with Crippen LogP contribution in [0, 0.1) is 0 Å². The Morgan fingerprint density at radius 2 is 1.71 bits per heavy atom. The molecule has 1 heterocycles. The summed E-state index contributed by atoms with van der Waals surface area (Å²) in [7, 11) is -0.335. The number of sulfone groups is 1. The van der Waals surface area contributed by atoms with E-state index in [0.717, 1.165) is 0 Å². The van der Waals surface area contributed by atoms with Gasteiger partial charge in [0.25, 0.3) is 0 Å². The molecule has 0 fully saturated rings. The Hall–Kier alpha value is -3.18. The van der Waals surface area contributed by atoms with Gasteiger partial charge in [-0.2, -0.15) is 4.99 Å². The van der Waals surface area contributed by atoms with E-state index in [1.54, 1.807) is 47.9 Å². The van der Waals surface area contributed by atoms with Crippen LogP contribution in [0.15, 0.2) is 47.5 Å². The zero-order chi connectivity index (χ0) is 25.4. The number of hydrogen-bond donors (Lipinski definition) is 0. The average Bonchev–Trinajstić information content (AvgIpc) is 3.16. The second-order valence-corrected chi connectivity index (χ2v) is 10.8. The van der Waals surface area contributed by atoms with Gasteiger partial charge in [0.05, 0.1) is 32.3 Å². The van der Waals surface area contributed by atoms with Gasteiger partial charge >= 0.3 is 5.97 Å². The Balaban J connectivity index is 1.85. The summed E-state index contributed by atoms with van der Waals surface area (Å²) in [6.07, 6.45) is 0.100. The van der Waals surface area contributed by atoms with Crippen LogP contribution in [-0.2, 0) is 36.5 Å². The van der Waals surface area contributed by atoms with Gasteiger partial charge in [-0.05, 0) is 31.0 Å². The van der Waals surface area contributed by atoms with Crippen molar-refractivity contribution in [2.24, 2.45) is 4.99 Å². The predicted octanol–water partition coefficient (Wildman–Crippen LogP) is 3.11. The van der Waals surface area contributed by atoms with E-state index in [9.17, 15) is 18.0 Å². The Bertz CT molecular complexity index is 1360. The maximum atomic E-state index is 12.7. The van der Waals surface area contributed by atoms with E-state index in [-0.39, 0.29) is 42.3 Å². The molecule has 2 aromatic carbocycles. The first-order valence-electron chi connectivity index (χ1n) is 11.0. The summed E-state index contributed by atoms with van der Waals surface area (Å²) in [5.41, 5.74) is 1.26. The number of carbonyl (C=O) groups excluding carboxylic acids is 2. The van der Waals surface area contributed by atoms with Gasteiger partial charge in [0.15, 0.2) is 14.6 Å². The molecule has 3 rings (SSSR count). The molecule has 0 aliphatic heterocycles. The van der Waals surface area contributed by atoms with Crippen molar-refractivity contribution in [3.63, 3.8) is 0 Å². The van der Waals surface area contributed by atoms with Gasteiger partial charge in [0, 0.05) is 6.42 Å². The summed E-state index contributed by atoms with van der Waals surface area (Å²) in [4.78, 5) is 29.4. The summed E-state index contributed by atoms with van der Waals surface area (Å²) in [5, 5.41) is 0. The quantitative estimate of drug-likeness (QED) is 0.357. The van der Waals surface area contributed by atoms with E-state index in [1.165, 1.54) is 25.6 Å². The number of rotatable bonds is 11. The van der Waals surface area contributed by atoms with Gasteiger partial charge in [-0.25, -0.2) is 8.42 Å². The smallest absolute Gasteiger partial charge is 0.326 e. The molecule has 0 unspecified atom stereocenters. The molecule has 0 saturated heterocycles. The Kier molecular flexibility index (Phi) is 9.05. The fourth-order valence-electron chi connectivity index (χ4n) is 3.53. The molecule has 9 nitrogen and oxygen atoms in total. The van der Waals surface area contributed by atoms with E-state index in [2.05, 4.69) is 4.99 Å². The van der Waals surface area contributed by atoms with Gasteiger partial charge in [0.1, 0.15) is 28.3 Å². The minimum absolute atomic E-state index is 0.0457. The lowest BCUT2D eigenvalue weighted by Crippen LogP contribution is -2.23. The molecule has 0 saturated carbocycles. The SMILES string of the molecule is CCOC(=O)Cn1c(=NC(=O)CCCS(=O)(=O)Cc2ccccc2)sc2c(OC)ccc(OC)c21.